The highest BCUT2D eigenvalue weighted by molar-refractivity contribution is 7.12. The molecule has 0 aromatic carbocycles. The van der Waals surface area contributed by atoms with E-state index in [4.69, 9.17) is 5.73 Å². The average molecular weight is 257 g/mol. The number of amides is 1. The van der Waals surface area contributed by atoms with E-state index >= 15 is 0 Å². The highest BCUT2D eigenvalue weighted by Crippen LogP contribution is 2.23. The topological polar surface area (TPSA) is 71.8 Å². The van der Waals surface area contributed by atoms with Crippen molar-refractivity contribution >= 4 is 28.3 Å². The van der Waals surface area contributed by atoms with E-state index in [2.05, 4.69) is 9.97 Å². The Balaban J connectivity index is 2.04. The highest BCUT2D eigenvalue weighted by Gasteiger charge is 2.12. The number of rotatable bonds is 3. The molecule has 3 aromatic rings. The number of carbonyl (C=O) groups excluding carboxylic acids is 1. The van der Waals surface area contributed by atoms with Crippen molar-refractivity contribution in [3.8, 4) is 0 Å². The maximum atomic E-state index is 11.3. The van der Waals surface area contributed by atoms with Crippen molar-refractivity contribution < 1.29 is 4.79 Å². The van der Waals surface area contributed by atoms with Crippen molar-refractivity contribution in [2.24, 2.45) is 5.73 Å². The zero-order valence-electron chi connectivity index (χ0n) is 9.51. The Morgan fingerprint density at radius 1 is 1.33 bits per heavy atom. The fourth-order valence-electron chi connectivity index (χ4n) is 2.07. The number of carbonyl (C=O) groups is 1. The number of nitrogens with two attached hydrogens (primary N) is 1. The molecule has 0 aliphatic rings. The maximum absolute atomic E-state index is 11.3. The third-order valence-electron chi connectivity index (χ3n) is 2.90. The van der Waals surface area contributed by atoms with Gasteiger partial charge in [-0.1, -0.05) is 0 Å². The lowest BCUT2D eigenvalue weighted by Gasteiger charge is -2.03. The molecule has 90 valence electrons. The van der Waals surface area contributed by atoms with Gasteiger partial charge in [-0.3, -0.25) is 4.79 Å². The Kier molecular flexibility index (Phi) is 2.60. The first-order valence-electron chi connectivity index (χ1n) is 5.53. The van der Waals surface area contributed by atoms with Crippen molar-refractivity contribution in [1.29, 1.82) is 0 Å². The minimum Gasteiger partial charge on any atom is -0.365 e. The van der Waals surface area contributed by atoms with Gasteiger partial charge in [-0.15, -0.1) is 11.3 Å². The van der Waals surface area contributed by atoms with E-state index in [1.807, 2.05) is 29.8 Å². The van der Waals surface area contributed by atoms with E-state index in [1.165, 1.54) is 11.3 Å². The van der Waals surface area contributed by atoms with Gasteiger partial charge in [0.2, 0.25) is 0 Å². The lowest BCUT2D eigenvalue weighted by atomic mass is 10.0. The quantitative estimate of drug-likeness (QED) is 0.755. The molecule has 3 aromatic heterocycles. The lowest BCUT2D eigenvalue weighted by molar-refractivity contribution is 0.100. The summed E-state index contributed by atoms with van der Waals surface area (Å²) in [6, 6.07) is 5.91. The van der Waals surface area contributed by atoms with Crippen LogP contribution in [0.2, 0.25) is 0 Å². The number of pyridine rings is 1. The molecular formula is C13H11N3OS. The summed E-state index contributed by atoms with van der Waals surface area (Å²) in [5.74, 6) is -0.362. The third-order valence-corrected chi connectivity index (χ3v) is 3.87. The summed E-state index contributed by atoms with van der Waals surface area (Å²) in [5, 5.41) is 2.98. The first kappa shape index (κ1) is 11.0. The molecule has 0 saturated heterocycles. The van der Waals surface area contributed by atoms with Gasteiger partial charge in [-0.25, -0.2) is 4.98 Å². The number of fused-ring (bicyclic) bond motifs is 1. The SMILES string of the molecule is NC(=O)c1sccc1Cc1ccnc2[nH]ccc12. The van der Waals surface area contributed by atoms with Crippen molar-refractivity contribution in [3.63, 3.8) is 0 Å². The van der Waals surface area contributed by atoms with Crippen LogP contribution in [0.25, 0.3) is 11.0 Å². The normalized spacial score (nSPS) is 10.9. The van der Waals surface area contributed by atoms with Gasteiger partial charge in [0.1, 0.15) is 5.65 Å². The number of hydrogen-bond donors (Lipinski definition) is 2. The number of aromatic nitrogens is 2. The van der Waals surface area contributed by atoms with Gasteiger partial charge >= 0.3 is 0 Å². The van der Waals surface area contributed by atoms with Crippen LogP contribution in [-0.4, -0.2) is 15.9 Å². The van der Waals surface area contributed by atoms with Gasteiger partial charge in [0.15, 0.2) is 0 Å². The van der Waals surface area contributed by atoms with Gasteiger partial charge in [0.25, 0.3) is 5.91 Å². The van der Waals surface area contributed by atoms with Crippen molar-refractivity contribution in [2.45, 2.75) is 6.42 Å². The minimum absolute atomic E-state index is 0.362. The van der Waals surface area contributed by atoms with Gasteiger partial charge < -0.3 is 10.7 Å². The van der Waals surface area contributed by atoms with E-state index in [1.54, 1.807) is 6.20 Å². The molecule has 0 fully saturated rings. The number of hydrogen-bond acceptors (Lipinski definition) is 3. The zero-order valence-corrected chi connectivity index (χ0v) is 10.3. The second-order valence-electron chi connectivity index (χ2n) is 4.03. The second-order valence-corrected chi connectivity index (χ2v) is 4.94. The number of H-pyrrole nitrogens is 1. The molecule has 0 aliphatic carbocycles. The molecule has 1 amide bonds. The smallest absolute Gasteiger partial charge is 0.259 e. The van der Waals surface area contributed by atoms with Crippen LogP contribution in [0.3, 0.4) is 0 Å². The third kappa shape index (κ3) is 1.78. The summed E-state index contributed by atoms with van der Waals surface area (Å²) < 4.78 is 0. The summed E-state index contributed by atoms with van der Waals surface area (Å²) in [6.45, 7) is 0. The number of nitrogens with zero attached hydrogens (tertiary/aromatic N) is 1. The Morgan fingerprint density at radius 2 is 2.22 bits per heavy atom. The van der Waals surface area contributed by atoms with Gasteiger partial charge in [0, 0.05) is 17.8 Å². The summed E-state index contributed by atoms with van der Waals surface area (Å²) in [4.78, 5) is 19.3. The molecule has 3 rings (SSSR count). The number of aromatic amines is 1. The van der Waals surface area contributed by atoms with Crippen molar-refractivity contribution in [3.05, 3.63) is 52.0 Å². The zero-order chi connectivity index (χ0) is 12.5. The number of thiophene rings is 1. The highest BCUT2D eigenvalue weighted by atomic mass is 32.1. The molecular weight excluding hydrogens is 246 g/mol. The Hall–Kier alpha value is -2.14. The predicted molar refractivity (Wildman–Crippen MR) is 71.7 cm³/mol. The molecule has 0 radical (unpaired) electrons. The number of nitrogens with one attached hydrogen (secondary N) is 1. The monoisotopic (exact) mass is 257 g/mol. The van der Waals surface area contributed by atoms with Gasteiger partial charge in [-0.05, 0) is 41.1 Å². The summed E-state index contributed by atoms with van der Waals surface area (Å²) in [6.07, 6.45) is 4.33. The van der Waals surface area contributed by atoms with E-state index in [9.17, 15) is 4.79 Å². The van der Waals surface area contributed by atoms with Crippen LogP contribution in [0.15, 0.2) is 36.0 Å². The molecule has 5 heteroatoms. The van der Waals surface area contributed by atoms with Crippen LogP contribution in [0.4, 0.5) is 0 Å². The maximum Gasteiger partial charge on any atom is 0.259 e. The molecule has 0 atom stereocenters. The average Bonchev–Trinajstić information content (AvgIpc) is 2.96. The Morgan fingerprint density at radius 3 is 3.06 bits per heavy atom. The molecule has 0 aliphatic heterocycles. The largest absolute Gasteiger partial charge is 0.365 e. The minimum atomic E-state index is -0.362. The Bertz CT molecular complexity index is 714. The van der Waals surface area contributed by atoms with Gasteiger partial charge in [0.05, 0.1) is 4.88 Å². The molecule has 3 N–H and O–H groups in total. The molecule has 0 unspecified atom stereocenters. The first-order valence-corrected chi connectivity index (χ1v) is 6.41. The van der Waals surface area contributed by atoms with E-state index < -0.39 is 0 Å². The summed E-state index contributed by atoms with van der Waals surface area (Å²) in [7, 11) is 0. The first-order chi connectivity index (χ1) is 8.75. The molecule has 0 bridgehead atoms. The van der Waals surface area contributed by atoms with Crippen molar-refractivity contribution in [2.75, 3.05) is 0 Å². The van der Waals surface area contributed by atoms with Crippen LogP contribution in [0.5, 0.6) is 0 Å². The second kappa shape index (κ2) is 4.27. The fraction of sp³-hybridized carbons (Fsp3) is 0.0769. The molecule has 3 heterocycles. The summed E-state index contributed by atoms with van der Waals surface area (Å²) >= 11 is 1.39. The standard InChI is InChI=1S/C13H11N3OS/c14-12(17)11-9(3-6-18-11)7-8-1-4-15-13-10(8)2-5-16-13/h1-6H,7H2,(H2,14,17)(H,15,16). The van der Waals surface area contributed by atoms with Crippen LogP contribution in [0, 0.1) is 0 Å². The molecule has 18 heavy (non-hydrogen) atoms. The number of primary amides is 1. The van der Waals surface area contributed by atoms with Crippen molar-refractivity contribution in [1.82, 2.24) is 9.97 Å². The van der Waals surface area contributed by atoms with E-state index in [0.29, 0.717) is 11.3 Å². The molecule has 0 spiro atoms. The lowest BCUT2D eigenvalue weighted by Crippen LogP contribution is -2.11. The van der Waals surface area contributed by atoms with E-state index in [-0.39, 0.29) is 5.91 Å². The van der Waals surface area contributed by atoms with Crippen LogP contribution in [-0.2, 0) is 6.42 Å². The molecule has 0 saturated carbocycles. The molecule has 4 nitrogen and oxygen atoms in total. The predicted octanol–water partition coefficient (Wildman–Crippen LogP) is 2.31. The van der Waals surface area contributed by atoms with Crippen LogP contribution >= 0.6 is 11.3 Å². The van der Waals surface area contributed by atoms with E-state index in [0.717, 1.165) is 22.2 Å². The van der Waals surface area contributed by atoms with Crippen LogP contribution < -0.4 is 5.73 Å². The fourth-order valence-corrected chi connectivity index (χ4v) is 2.84. The van der Waals surface area contributed by atoms with Gasteiger partial charge in [-0.2, -0.15) is 0 Å². The summed E-state index contributed by atoms with van der Waals surface area (Å²) in [5.41, 5.74) is 8.34. The Labute approximate surface area is 107 Å². The van der Waals surface area contributed by atoms with Crippen LogP contribution in [0.1, 0.15) is 20.8 Å².